The van der Waals surface area contributed by atoms with Crippen molar-refractivity contribution in [3.05, 3.63) is 47.8 Å². The zero-order valence-corrected chi connectivity index (χ0v) is 9.20. The fourth-order valence-electron chi connectivity index (χ4n) is 1.45. The predicted molar refractivity (Wildman–Crippen MR) is 60.7 cm³/mol. The molecule has 0 saturated carbocycles. The second kappa shape index (κ2) is 5.09. The Hall–Kier alpha value is -2.70. The molecule has 0 fully saturated rings. The fraction of sp³-hybridized carbons (Fsp3) is 0.0909. The molecule has 0 spiro atoms. The maximum absolute atomic E-state index is 11.7. The zero-order chi connectivity index (χ0) is 13.0. The van der Waals surface area contributed by atoms with Gasteiger partial charge in [0.2, 0.25) is 0 Å². The minimum atomic E-state index is -1.14. The van der Waals surface area contributed by atoms with E-state index in [2.05, 4.69) is 20.7 Å². The Morgan fingerprint density at radius 2 is 2.00 bits per heavy atom. The van der Waals surface area contributed by atoms with Gasteiger partial charge in [-0.3, -0.25) is 4.79 Å². The molecule has 1 heterocycles. The van der Waals surface area contributed by atoms with Gasteiger partial charge in [-0.1, -0.05) is 30.3 Å². The van der Waals surface area contributed by atoms with Crippen LogP contribution in [0.25, 0.3) is 0 Å². The van der Waals surface area contributed by atoms with E-state index in [1.807, 2.05) is 0 Å². The monoisotopic (exact) mass is 246 g/mol. The number of hydrogen-bond acceptors (Lipinski definition) is 4. The van der Waals surface area contributed by atoms with Gasteiger partial charge in [0.05, 0.1) is 6.20 Å². The minimum Gasteiger partial charge on any atom is -0.479 e. The lowest BCUT2D eigenvalue weighted by Gasteiger charge is -2.13. The number of aromatic nitrogens is 3. The van der Waals surface area contributed by atoms with E-state index in [4.69, 9.17) is 5.11 Å². The van der Waals surface area contributed by atoms with E-state index in [1.165, 1.54) is 6.20 Å². The van der Waals surface area contributed by atoms with Gasteiger partial charge in [0.25, 0.3) is 5.91 Å². The summed E-state index contributed by atoms with van der Waals surface area (Å²) in [5.41, 5.74) is 0.527. The lowest BCUT2D eigenvalue weighted by Crippen LogP contribution is -2.33. The van der Waals surface area contributed by atoms with Crippen molar-refractivity contribution in [2.75, 3.05) is 0 Å². The van der Waals surface area contributed by atoms with Crippen LogP contribution in [0.4, 0.5) is 0 Å². The van der Waals surface area contributed by atoms with Crippen molar-refractivity contribution in [2.45, 2.75) is 6.04 Å². The van der Waals surface area contributed by atoms with Gasteiger partial charge < -0.3 is 10.4 Å². The molecule has 18 heavy (non-hydrogen) atoms. The number of carboxylic acids is 1. The first kappa shape index (κ1) is 11.8. The van der Waals surface area contributed by atoms with Crippen LogP contribution in [0.1, 0.15) is 22.1 Å². The molecule has 7 heteroatoms. The smallest absolute Gasteiger partial charge is 0.330 e. The number of carbonyl (C=O) groups is 2. The van der Waals surface area contributed by atoms with Gasteiger partial charge in [-0.25, -0.2) is 4.79 Å². The second-order valence-electron chi connectivity index (χ2n) is 3.51. The molecular weight excluding hydrogens is 236 g/mol. The van der Waals surface area contributed by atoms with Gasteiger partial charge in [0, 0.05) is 0 Å². The zero-order valence-electron chi connectivity index (χ0n) is 9.20. The first-order valence-corrected chi connectivity index (χ1v) is 5.13. The number of hydrogen-bond donors (Lipinski definition) is 3. The SMILES string of the molecule is O=C(N[C@@H](C(=O)O)c1ccccc1)c1cn[nH]n1. The third-order valence-corrected chi connectivity index (χ3v) is 2.30. The fourth-order valence-corrected chi connectivity index (χ4v) is 1.45. The van der Waals surface area contributed by atoms with E-state index in [-0.39, 0.29) is 5.69 Å². The summed E-state index contributed by atoms with van der Waals surface area (Å²) in [5, 5.41) is 20.8. The molecule has 3 N–H and O–H groups in total. The standard InChI is InChI=1S/C11H10N4O3/c16-10(8-6-12-15-14-8)13-9(11(17)18)7-4-2-1-3-5-7/h1-6,9H,(H,13,16)(H,17,18)(H,12,14,15)/t9-/m1/s1. The van der Waals surface area contributed by atoms with E-state index < -0.39 is 17.9 Å². The van der Waals surface area contributed by atoms with Crippen LogP contribution in [0, 0.1) is 0 Å². The maximum Gasteiger partial charge on any atom is 0.330 e. The normalized spacial score (nSPS) is 11.8. The van der Waals surface area contributed by atoms with Crippen LogP contribution in [0.3, 0.4) is 0 Å². The van der Waals surface area contributed by atoms with Crippen molar-refractivity contribution in [1.29, 1.82) is 0 Å². The number of benzene rings is 1. The summed E-state index contributed by atoms with van der Waals surface area (Å²) in [7, 11) is 0. The average molecular weight is 246 g/mol. The lowest BCUT2D eigenvalue weighted by atomic mass is 10.1. The number of amides is 1. The molecule has 0 aliphatic heterocycles. The lowest BCUT2D eigenvalue weighted by molar-refractivity contribution is -0.139. The molecule has 1 amide bonds. The van der Waals surface area contributed by atoms with E-state index in [0.29, 0.717) is 5.56 Å². The molecule has 7 nitrogen and oxygen atoms in total. The van der Waals surface area contributed by atoms with Crippen LogP contribution in [0.15, 0.2) is 36.5 Å². The summed E-state index contributed by atoms with van der Waals surface area (Å²) in [5.74, 6) is -1.74. The summed E-state index contributed by atoms with van der Waals surface area (Å²) >= 11 is 0. The van der Waals surface area contributed by atoms with E-state index in [1.54, 1.807) is 30.3 Å². The molecule has 2 aromatic rings. The third-order valence-electron chi connectivity index (χ3n) is 2.30. The van der Waals surface area contributed by atoms with Crippen LogP contribution in [0.2, 0.25) is 0 Å². The molecule has 0 unspecified atom stereocenters. The van der Waals surface area contributed by atoms with Crippen LogP contribution >= 0.6 is 0 Å². The average Bonchev–Trinajstić information content (AvgIpc) is 2.90. The highest BCUT2D eigenvalue weighted by molar-refractivity contribution is 5.94. The topological polar surface area (TPSA) is 108 Å². The highest BCUT2D eigenvalue weighted by atomic mass is 16.4. The molecule has 92 valence electrons. The van der Waals surface area contributed by atoms with Crippen LogP contribution in [0.5, 0.6) is 0 Å². The van der Waals surface area contributed by atoms with Gasteiger partial charge >= 0.3 is 5.97 Å². The first-order valence-electron chi connectivity index (χ1n) is 5.13. The van der Waals surface area contributed by atoms with Crippen molar-refractivity contribution < 1.29 is 14.7 Å². The molecule has 0 bridgehead atoms. The number of nitrogens with zero attached hydrogens (tertiary/aromatic N) is 2. The van der Waals surface area contributed by atoms with Gasteiger partial charge in [-0.2, -0.15) is 15.4 Å². The quantitative estimate of drug-likeness (QED) is 0.721. The molecule has 0 radical (unpaired) electrons. The summed E-state index contributed by atoms with van der Waals surface area (Å²) in [6.45, 7) is 0. The number of nitrogens with one attached hydrogen (secondary N) is 2. The molecule has 1 atom stereocenters. The van der Waals surface area contributed by atoms with Crippen molar-refractivity contribution >= 4 is 11.9 Å². The maximum atomic E-state index is 11.7. The van der Waals surface area contributed by atoms with Crippen molar-refractivity contribution in [2.24, 2.45) is 0 Å². The third kappa shape index (κ3) is 2.51. The van der Waals surface area contributed by atoms with Crippen molar-refractivity contribution in [1.82, 2.24) is 20.7 Å². The van der Waals surface area contributed by atoms with Gasteiger partial charge in [0.15, 0.2) is 11.7 Å². The van der Waals surface area contributed by atoms with E-state index in [9.17, 15) is 9.59 Å². The Kier molecular flexibility index (Phi) is 3.33. The van der Waals surface area contributed by atoms with Crippen molar-refractivity contribution in [3.8, 4) is 0 Å². The molecule has 0 aliphatic carbocycles. The second-order valence-corrected chi connectivity index (χ2v) is 3.51. The van der Waals surface area contributed by atoms with Crippen LogP contribution in [-0.4, -0.2) is 32.4 Å². The first-order chi connectivity index (χ1) is 8.68. The summed E-state index contributed by atoms with van der Waals surface area (Å²) in [6.07, 6.45) is 1.22. The van der Waals surface area contributed by atoms with E-state index >= 15 is 0 Å². The summed E-state index contributed by atoms with van der Waals surface area (Å²) < 4.78 is 0. The summed E-state index contributed by atoms with van der Waals surface area (Å²) in [4.78, 5) is 22.8. The van der Waals surface area contributed by atoms with Gasteiger partial charge in [0.1, 0.15) is 0 Å². The molecule has 1 aromatic heterocycles. The molecular formula is C11H10N4O3. The number of carbonyl (C=O) groups excluding carboxylic acids is 1. The molecule has 0 aliphatic rings. The van der Waals surface area contributed by atoms with Gasteiger partial charge in [-0.05, 0) is 5.56 Å². The predicted octanol–water partition coefficient (Wildman–Crippen LogP) is 0.360. The Labute approximate surface area is 102 Å². The molecule has 2 rings (SSSR count). The Morgan fingerprint density at radius 1 is 1.28 bits per heavy atom. The molecule has 0 saturated heterocycles. The van der Waals surface area contributed by atoms with Crippen LogP contribution < -0.4 is 5.32 Å². The van der Waals surface area contributed by atoms with Gasteiger partial charge in [-0.15, -0.1) is 0 Å². The number of aliphatic carboxylic acids is 1. The minimum absolute atomic E-state index is 0.0391. The number of rotatable bonds is 4. The van der Waals surface area contributed by atoms with Crippen LogP contribution in [-0.2, 0) is 4.79 Å². The number of aromatic amines is 1. The van der Waals surface area contributed by atoms with E-state index in [0.717, 1.165) is 0 Å². The highest BCUT2D eigenvalue weighted by Crippen LogP contribution is 2.13. The highest BCUT2D eigenvalue weighted by Gasteiger charge is 2.23. The Bertz CT molecular complexity index is 539. The molecule has 1 aromatic carbocycles. The van der Waals surface area contributed by atoms with Crippen molar-refractivity contribution in [3.63, 3.8) is 0 Å². The largest absolute Gasteiger partial charge is 0.479 e. The number of carboxylic acid groups (broad SMARTS) is 1. The number of H-pyrrole nitrogens is 1. The summed E-state index contributed by atoms with van der Waals surface area (Å²) in [6, 6.07) is 7.31. The Balaban J connectivity index is 2.18. The Morgan fingerprint density at radius 3 is 2.56 bits per heavy atom.